The standard InChI is InChI=1S/C8H18N2/c1-9-6-7-3-4-8(5-7)10-2/h7-10H,3-6H2,1-2H3/t7-,8-/m0/s1. The van der Waals surface area contributed by atoms with E-state index in [2.05, 4.69) is 17.7 Å². The summed E-state index contributed by atoms with van der Waals surface area (Å²) in [5.74, 6) is 0.919. The van der Waals surface area contributed by atoms with Crippen molar-refractivity contribution in [2.45, 2.75) is 25.3 Å². The van der Waals surface area contributed by atoms with Crippen molar-refractivity contribution in [2.24, 2.45) is 5.92 Å². The van der Waals surface area contributed by atoms with Gasteiger partial charge in [-0.15, -0.1) is 0 Å². The van der Waals surface area contributed by atoms with Gasteiger partial charge in [-0.25, -0.2) is 0 Å². The number of nitrogens with one attached hydrogen (secondary N) is 2. The van der Waals surface area contributed by atoms with E-state index in [0.29, 0.717) is 0 Å². The number of hydrogen-bond acceptors (Lipinski definition) is 2. The molecule has 0 amide bonds. The molecule has 0 aromatic carbocycles. The molecule has 60 valence electrons. The first-order chi connectivity index (χ1) is 4.86. The molecule has 0 aliphatic heterocycles. The van der Waals surface area contributed by atoms with E-state index in [1.807, 2.05) is 7.05 Å². The molecule has 0 spiro atoms. The SMILES string of the molecule is CNC[C@H]1CC[C@H](NC)C1. The van der Waals surface area contributed by atoms with E-state index in [1.165, 1.54) is 25.8 Å². The Bertz CT molecular complexity index is 93.3. The highest BCUT2D eigenvalue weighted by Crippen LogP contribution is 2.24. The third-order valence-corrected chi connectivity index (χ3v) is 2.44. The average Bonchev–Trinajstić information content (AvgIpc) is 2.37. The van der Waals surface area contributed by atoms with E-state index in [0.717, 1.165) is 12.0 Å². The Morgan fingerprint density at radius 3 is 2.60 bits per heavy atom. The first-order valence-corrected chi connectivity index (χ1v) is 4.18. The molecule has 1 aliphatic rings. The quantitative estimate of drug-likeness (QED) is 0.603. The van der Waals surface area contributed by atoms with Crippen LogP contribution in [0.4, 0.5) is 0 Å². The lowest BCUT2D eigenvalue weighted by Gasteiger charge is -2.08. The summed E-state index contributed by atoms with van der Waals surface area (Å²) in [6.45, 7) is 1.19. The van der Waals surface area contributed by atoms with Gasteiger partial charge in [0.15, 0.2) is 0 Å². The van der Waals surface area contributed by atoms with Crippen LogP contribution < -0.4 is 10.6 Å². The second-order valence-corrected chi connectivity index (χ2v) is 3.22. The van der Waals surface area contributed by atoms with Crippen LogP contribution in [0.15, 0.2) is 0 Å². The largest absolute Gasteiger partial charge is 0.319 e. The molecule has 1 fully saturated rings. The van der Waals surface area contributed by atoms with Crippen LogP contribution in [-0.2, 0) is 0 Å². The molecule has 2 N–H and O–H groups in total. The van der Waals surface area contributed by atoms with Gasteiger partial charge in [-0.2, -0.15) is 0 Å². The first-order valence-electron chi connectivity index (χ1n) is 4.18. The molecule has 10 heavy (non-hydrogen) atoms. The molecule has 1 saturated carbocycles. The Balaban J connectivity index is 2.15. The van der Waals surface area contributed by atoms with Gasteiger partial charge in [0.25, 0.3) is 0 Å². The fourth-order valence-electron chi connectivity index (χ4n) is 1.81. The van der Waals surface area contributed by atoms with E-state index in [9.17, 15) is 0 Å². The van der Waals surface area contributed by atoms with Crippen LogP contribution in [0.25, 0.3) is 0 Å². The first kappa shape index (κ1) is 8.02. The monoisotopic (exact) mass is 142 g/mol. The minimum Gasteiger partial charge on any atom is -0.319 e. The molecule has 2 nitrogen and oxygen atoms in total. The maximum Gasteiger partial charge on any atom is 0.00672 e. The summed E-state index contributed by atoms with van der Waals surface area (Å²) in [5.41, 5.74) is 0. The zero-order valence-corrected chi connectivity index (χ0v) is 6.98. The van der Waals surface area contributed by atoms with Crippen LogP contribution in [0.5, 0.6) is 0 Å². The van der Waals surface area contributed by atoms with Crippen LogP contribution in [-0.4, -0.2) is 26.7 Å². The molecule has 0 saturated heterocycles. The fourth-order valence-corrected chi connectivity index (χ4v) is 1.81. The molecule has 0 heterocycles. The van der Waals surface area contributed by atoms with E-state index in [-0.39, 0.29) is 0 Å². The van der Waals surface area contributed by atoms with E-state index in [4.69, 9.17) is 0 Å². The highest BCUT2D eigenvalue weighted by Gasteiger charge is 2.21. The van der Waals surface area contributed by atoms with Crippen molar-refractivity contribution < 1.29 is 0 Å². The van der Waals surface area contributed by atoms with Crippen LogP contribution in [0.3, 0.4) is 0 Å². The lowest BCUT2D eigenvalue weighted by Crippen LogP contribution is -2.23. The molecular formula is C8H18N2. The van der Waals surface area contributed by atoms with Gasteiger partial charge in [0.05, 0.1) is 0 Å². The second kappa shape index (κ2) is 3.94. The van der Waals surface area contributed by atoms with E-state index in [1.54, 1.807) is 0 Å². The lowest BCUT2D eigenvalue weighted by molar-refractivity contribution is 0.490. The van der Waals surface area contributed by atoms with Gasteiger partial charge in [-0.1, -0.05) is 0 Å². The molecule has 2 atom stereocenters. The Morgan fingerprint density at radius 1 is 1.30 bits per heavy atom. The van der Waals surface area contributed by atoms with Gasteiger partial charge >= 0.3 is 0 Å². The third kappa shape index (κ3) is 1.96. The predicted molar refractivity (Wildman–Crippen MR) is 44.1 cm³/mol. The van der Waals surface area contributed by atoms with Crippen molar-refractivity contribution in [3.05, 3.63) is 0 Å². The molecule has 2 heteroatoms. The average molecular weight is 142 g/mol. The van der Waals surface area contributed by atoms with Crippen molar-refractivity contribution >= 4 is 0 Å². The maximum absolute atomic E-state index is 3.32. The Kier molecular flexibility index (Phi) is 3.16. The van der Waals surface area contributed by atoms with Crippen LogP contribution in [0.2, 0.25) is 0 Å². The van der Waals surface area contributed by atoms with E-state index < -0.39 is 0 Å². The predicted octanol–water partition coefficient (Wildman–Crippen LogP) is 0.594. The van der Waals surface area contributed by atoms with Gasteiger partial charge in [0.2, 0.25) is 0 Å². The molecule has 0 aromatic heterocycles. The van der Waals surface area contributed by atoms with Gasteiger partial charge in [0, 0.05) is 6.04 Å². The highest BCUT2D eigenvalue weighted by atomic mass is 14.9. The van der Waals surface area contributed by atoms with Gasteiger partial charge in [-0.05, 0) is 45.8 Å². The molecule has 0 aromatic rings. The summed E-state index contributed by atoms with van der Waals surface area (Å²) >= 11 is 0. The Labute approximate surface area is 63.4 Å². The second-order valence-electron chi connectivity index (χ2n) is 3.22. The zero-order valence-electron chi connectivity index (χ0n) is 6.98. The third-order valence-electron chi connectivity index (χ3n) is 2.44. The van der Waals surface area contributed by atoms with Crippen molar-refractivity contribution in [1.82, 2.24) is 10.6 Å². The normalized spacial score (nSPS) is 33.0. The van der Waals surface area contributed by atoms with Gasteiger partial charge in [0.1, 0.15) is 0 Å². The summed E-state index contributed by atoms with van der Waals surface area (Å²) in [6, 6.07) is 0.790. The molecule has 0 unspecified atom stereocenters. The Hall–Kier alpha value is -0.0800. The summed E-state index contributed by atoms with van der Waals surface area (Å²) in [6.07, 6.45) is 4.12. The van der Waals surface area contributed by atoms with Crippen molar-refractivity contribution in [3.63, 3.8) is 0 Å². The fraction of sp³-hybridized carbons (Fsp3) is 1.00. The summed E-state index contributed by atoms with van der Waals surface area (Å²) in [5, 5.41) is 6.55. The lowest BCUT2D eigenvalue weighted by atomic mass is 10.1. The smallest absolute Gasteiger partial charge is 0.00672 e. The van der Waals surface area contributed by atoms with Crippen molar-refractivity contribution in [1.29, 1.82) is 0 Å². The van der Waals surface area contributed by atoms with E-state index >= 15 is 0 Å². The topological polar surface area (TPSA) is 24.1 Å². The molecule has 1 rings (SSSR count). The summed E-state index contributed by atoms with van der Waals surface area (Å²) in [4.78, 5) is 0. The van der Waals surface area contributed by atoms with Crippen molar-refractivity contribution in [2.75, 3.05) is 20.6 Å². The minimum absolute atomic E-state index is 0.790. The molecule has 0 bridgehead atoms. The summed E-state index contributed by atoms with van der Waals surface area (Å²) in [7, 11) is 4.10. The van der Waals surface area contributed by atoms with Crippen LogP contribution in [0.1, 0.15) is 19.3 Å². The highest BCUT2D eigenvalue weighted by molar-refractivity contribution is 4.80. The molecular weight excluding hydrogens is 124 g/mol. The summed E-state index contributed by atoms with van der Waals surface area (Å²) < 4.78 is 0. The maximum atomic E-state index is 3.32. The molecule has 1 aliphatic carbocycles. The molecule has 0 radical (unpaired) electrons. The zero-order chi connectivity index (χ0) is 7.40. The minimum atomic E-state index is 0.790. The van der Waals surface area contributed by atoms with Gasteiger partial charge in [-0.3, -0.25) is 0 Å². The van der Waals surface area contributed by atoms with Crippen molar-refractivity contribution in [3.8, 4) is 0 Å². The van der Waals surface area contributed by atoms with Gasteiger partial charge < -0.3 is 10.6 Å². The number of hydrogen-bond donors (Lipinski definition) is 2. The number of rotatable bonds is 3. The Morgan fingerprint density at radius 2 is 2.10 bits per heavy atom. The van der Waals surface area contributed by atoms with Crippen LogP contribution in [0, 0.1) is 5.92 Å². The van der Waals surface area contributed by atoms with Crippen LogP contribution >= 0.6 is 0 Å².